The fourth-order valence-corrected chi connectivity index (χ4v) is 2.22. The molecule has 4 heteroatoms. The first-order chi connectivity index (χ1) is 7.54. The molecule has 1 aromatic rings. The number of nitrogens with one attached hydrogen (secondary N) is 2. The molecule has 0 aromatic heterocycles. The van der Waals surface area contributed by atoms with Crippen molar-refractivity contribution in [3.63, 3.8) is 0 Å². The van der Waals surface area contributed by atoms with Gasteiger partial charge in [0.05, 0.1) is 19.5 Å². The summed E-state index contributed by atoms with van der Waals surface area (Å²) in [6.45, 7) is 6.96. The van der Waals surface area contributed by atoms with Crippen molar-refractivity contribution in [3.8, 4) is 5.75 Å². The molecule has 90 valence electrons. The molecule has 1 rings (SSSR count). The zero-order valence-electron chi connectivity index (χ0n) is 10.5. The summed E-state index contributed by atoms with van der Waals surface area (Å²) in [7, 11) is 3.62. The second-order valence-electron chi connectivity index (χ2n) is 3.80. The van der Waals surface area contributed by atoms with Crippen LogP contribution in [0.3, 0.4) is 0 Å². The van der Waals surface area contributed by atoms with Crippen LogP contribution in [0.15, 0.2) is 4.47 Å². The van der Waals surface area contributed by atoms with Gasteiger partial charge in [-0.25, -0.2) is 0 Å². The number of benzene rings is 1. The summed E-state index contributed by atoms with van der Waals surface area (Å²) in [5.74, 6) is 0.924. The quantitative estimate of drug-likeness (QED) is 0.835. The van der Waals surface area contributed by atoms with Gasteiger partial charge in [0.25, 0.3) is 0 Å². The van der Waals surface area contributed by atoms with Crippen molar-refractivity contribution in [1.82, 2.24) is 5.32 Å². The van der Waals surface area contributed by atoms with Gasteiger partial charge in [0.2, 0.25) is 0 Å². The number of methoxy groups -OCH3 is 1. The second kappa shape index (κ2) is 5.55. The number of hydrogen-bond acceptors (Lipinski definition) is 3. The van der Waals surface area contributed by atoms with Crippen LogP contribution in [-0.4, -0.2) is 20.8 Å². The van der Waals surface area contributed by atoms with Crippen molar-refractivity contribution in [1.29, 1.82) is 0 Å². The minimum atomic E-state index is 0.714. The average Bonchev–Trinajstić information content (AvgIpc) is 2.29. The summed E-state index contributed by atoms with van der Waals surface area (Å²) in [4.78, 5) is 0. The predicted octanol–water partition coefficient (Wildman–Crippen LogP) is 2.97. The molecule has 0 spiro atoms. The minimum Gasteiger partial charge on any atom is -0.494 e. The summed E-state index contributed by atoms with van der Waals surface area (Å²) in [5, 5.41) is 6.39. The Morgan fingerprint density at radius 1 is 1.12 bits per heavy atom. The first-order valence-corrected chi connectivity index (χ1v) is 6.05. The van der Waals surface area contributed by atoms with Gasteiger partial charge in [0.15, 0.2) is 0 Å². The van der Waals surface area contributed by atoms with E-state index in [4.69, 9.17) is 4.74 Å². The van der Waals surface area contributed by atoms with Gasteiger partial charge in [-0.3, -0.25) is 0 Å². The van der Waals surface area contributed by atoms with Crippen LogP contribution in [0.4, 0.5) is 5.69 Å². The van der Waals surface area contributed by atoms with E-state index in [1.165, 1.54) is 16.7 Å². The maximum Gasteiger partial charge on any atom is 0.145 e. The number of ether oxygens (including phenoxy) is 1. The van der Waals surface area contributed by atoms with E-state index in [0.717, 1.165) is 15.9 Å². The Bertz CT molecular complexity index is 391. The second-order valence-corrected chi connectivity index (χ2v) is 4.60. The van der Waals surface area contributed by atoms with Gasteiger partial charge >= 0.3 is 0 Å². The van der Waals surface area contributed by atoms with Crippen LogP contribution in [0.2, 0.25) is 0 Å². The third-order valence-electron chi connectivity index (χ3n) is 2.81. The summed E-state index contributed by atoms with van der Waals surface area (Å²) in [6, 6.07) is 0. The molecule has 3 nitrogen and oxygen atoms in total. The molecule has 0 aliphatic heterocycles. The molecule has 0 radical (unpaired) electrons. The molecule has 0 aliphatic carbocycles. The van der Waals surface area contributed by atoms with Crippen LogP contribution in [0, 0.1) is 20.8 Å². The molecule has 1 aromatic carbocycles. The molecule has 0 fully saturated rings. The van der Waals surface area contributed by atoms with E-state index in [1.54, 1.807) is 7.11 Å². The Morgan fingerprint density at radius 3 is 2.25 bits per heavy atom. The zero-order chi connectivity index (χ0) is 12.3. The Balaban J connectivity index is 3.33. The fraction of sp³-hybridized carbons (Fsp3) is 0.500. The lowest BCUT2D eigenvalue weighted by Gasteiger charge is -2.19. The molecule has 0 unspecified atom stereocenters. The minimum absolute atomic E-state index is 0.714. The summed E-state index contributed by atoms with van der Waals surface area (Å²) >= 11 is 3.62. The predicted molar refractivity (Wildman–Crippen MR) is 72.5 cm³/mol. The smallest absolute Gasteiger partial charge is 0.145 e. The highest BCUT2D eigenvalue weighted by Gasteiger charge is 2.15. The van der Waals surface area contributed by atoms with Gasteiger partial charge in [-0.2, -0.15) is 0 Å². The van der Waals surface area contributed by atoms with Gasteiger partial charge in [0, 0.05) is 4.47 Å². The van der Waals surface area contributed by atoms with Crippen LogP contribution in [-0.2, 0) is 0 Å². The normalized spacial score (nSPS) is 10.4. The lowest BCUT2D eigenvalue weighted by Crippen LogP contribution is -2.18. The Kier molecular flexibility index (Phi) is 4.62. The Hall–Kier alpha value is -0.740. The number of anilines is 1. The SMILES string of the molecule is CNCNc1c(C)c(Br)c(C)c(C)c1OC. The van der Waals surface area contributed by atoms with E-state index in [1.807, 2.05) is 7.05 Å². The molecule has 0 atom stereocenters. The largest absolute Gasteiger partial charge is 0.494 e. The average molecular weight is 287 g/mol. The van der Waals surface area contributed by atoms with E-state index in [9.17, 15) is 0 Å². The molecule has 2 N–H and O–H groups in total. The van der Waals surface area contributed by atoms with Crippen LogP contribution in [0.1, 0.15) is 16.7 Å². The van der Waals surface area contributed by atoms with Crippen molar-refractivity contribution in [2.24, 2.45) is 0 Å². The monoisotopic (exact) mass is 286 g/mol. The molecule has 0 bridgehead atoms. The molecule has 0 saturated carbocycles. The van der Waals surface area contributed by atoms with Crippen molar-refractivity contribution in [2.45, 2.75) is 20.8 Å². The number of hydrogen-bond donors (Lipinski definition) is 2. The van der Waals surface area contributed by atoms with Gasteiger partial charge in [0.1, 0.15) is 5.75 Å². The van der Waals surface area contributed by atoms with Crippen molar-refractivity contribution in [2.75, 3.05) is 26.1 Å². The molecule has 0 amide bonds. The molecule has 0 saturated heterocycles. The summed E-state index contributed by atoms with van der Waals surface area (Å²) in [5.41, 5.74) is 4.62. The summed E-state index contributed by atoms with van der Waals surface area (Å²) in [6.07, 6.45) is 0. The standard InChI is InChI=1S/C12H19BrN2O/c1-7-8(2)12(16-5)11(15-6-14-4)9(3)10(7)13/h14-15H,6H2,1-5H3. The topological polar surface area (TPSA) is 33.3 Å². The van der Waals surface area contributed by atoms with Crippen LogP contribution in [0.25, 0.3) is 0 Å². The third kappa shape index (κ3) is 2.33. The van der Waals surface area contributed by atoms with Gasteiger partial charge < -0.3 is 15.4 Å². The van der Waals surface area contributed by atoms with Crippen molar-refractivity contribution >= 4 is 21.6 Å². The van der Waals surface area contributed by atoms with E-state index in [0.29, 0.717) is 6.67 Å². The number of rotatable bonds is 4. The highest BCUT2D eigenvalue weighted by atomic mass is 79.9. The first-order valence-electron chi connectivity index (χ1n) is 5.26. The van der Waals surface area contributed by atoms with Crippen LogP contribution >= 0.6 is 15.9 Å². The lowest BCUT2D eigenvalue weighted by atomic mass is 10.0. The van der Waals surface area contributed by atoms with Crippen molar-refractivity contribution < 1.29 is 4.74 Å². The van der Waals surface area contributed by atoms with E-state index >= 15 is 0 Å². The van der Waals surface area contributed by atoms with Gasteiger partial charge in [-0.15, -0.1) is 0 Å². The maximum atomic E-state index is 5.48. The van der Waals surface area contributed by atoms with E-state index in [-0.39, 0.29) is 0 Å². The summed E-state index contributed by atoms with van der Waals surface area (Å²) < 4.78 is 6.62. The van der Waals surface area contributed by atoms with Crippen LogP contribution < -0.4 is 15.4 Å². The highest BCUT2D eigenvalue weighted by molar-refractivity contribution is 9.10. The van der Waals surface area contributed by atoms with Crippen molar-refractivity contribution in [3.05, 3.63) is 21.2 Å². The molecule has 0 aliphatic rings. The molecule has 0 heterocycles. The van der Waals surface area contributed by atoms with E-state index < -0.39 is 0 Å². The molecule has 16 heavy (non-hydrogen) atoms. The third-order valence-corrected chi connectivity index (χ3v) is 4.00. The highest BCUT2D eigenvalue weighted by Crippen LogP contribution is 2.39. The van der Waals surface area contributed by atoms with E-state index in [2.05, 4.69) is 47.3 Å². The maximum absolute atomic E-state index is 5.48. The Labute approximate surface area is 106 Å². The molecular formula is C12H19BrN2O. The fourth-order valence-electron chi connectivity index (χ4n) is 1.73. The number of halogens is 1. The van der Waals surface area contributed by atoms with Crippen LogP contribution in [0.5, 0.6) is 5.75 Å². The zero-order valence-corrected chi connectivity index (χ0v) is 12.1. The Morgan fingerprint density at radius 2 is 1.75 bits per heavy atom. The van der Waals surface area contributed by atoms with Gasteiger partial charge in [-0.05, 0) is 44.5 Å². The first kappa shape index (κ1) is 13.3. The van der Waals surface area contributed by atoms with Gasteiger partial charge in [-0.1, -0.05) is 15.9 Å². The molecular weight excluding hydrogens is 268 g/mol. The lowest BCUT2D eigenvalue weighted by molar-refractivity contribution is 0.412.